The number of hydrogen-bond donors (Lipinski definition) is 2. The van der Waals surface area contributed by atoms with Crippen LogP contribution in [0.2, 0.25) is 0 Å². The average Bonchev–Trinajstić information content (AvgIpc) is 3.22. The number of rotatable bonds is 7. The minimum atomic E-state index is -3.71. The van der Waals surface area contributed by atoms with Gasteiger partial charge in [-0.05, 0) is 68.1 Å². The highest BCUT2D eigenvalue weighted by Crippen LogP contribution is 2.19. The molecule has 0 aromatic heterocycles. The molecule has 0 radical (unpaired) electrons. The molecule has 0 saturated carbocycles. The van der Waals surface area contributed by atoms with Gasteiger partial charge in [-0.15, -0.1) is 0 Å². The van der Waals surface area contributed by atoms with Crippen molar-refractivity contribution < 1.29 is 22.7 Å². The molecule has 33 heavy (non-hydrogen) atoms. The molecular weight excluding hydrogens is 442 g/mol. The van der Waals surface area contributed by atoms with E-state index in [-0.39, 0.29) is 16.9 Å². The smallest absolute Gasteiger partial charge is 0.262 e. The van der Waals surface area contributed by atoms with Crippen LogP contribution in [0.15, 0.2) is 58.4 Å². The van der Waals surface area contributed by atoms with Gasteiger partial charge in [0.2, 0.25) is 0 Å². The number of aliphatic imine (C=N–C) groups is 1. The van der Waals surface area contributed by atoms with Gasteiger partial charge in [-0.25, -0.2) is 8.42 Å². The Balaban J connectivity index is 1.36. The lowest BCUT2D eigenvalue weighted by Gasteiger charge is -2.12. The lowest BCUT2D eigenvalue weighted by Crippen LogP contribution is -2.30. The van der Waals surface area contributed by atoms with Crippen molar-refractivity contribution >= 4 is 27.5 Å². The van der Waals surface area contributed by atoms with E-state index in [2.05, 4.69) is 15.0 Å². The normalized spacial score (nSPS) is 18.8. The lowest BCUT2D eigenvalue weighted by molar-refractivity contribution is 0.0679. The van der Waals surface area contributed by atoms with E-state index in [1.54, 1.807) is 36.4 Å². The van der Waals surface area contributed by atoms with Crippen LogP contribution in [0.25, 0.3) is 0 Å². The second kappa shape index (κ2) is 10.8. The van der Waals surface area contributed by atoms with Crippen molar-refractivity contribution in [2.24, 2.45) is 4.99 Å². The van der Waals surface area contributed by atoms with Crippen molar-refractivity contribution in [2.75, 3.05) is 25.1 Å². The minimum absolute atomic E-state index is 0.0985. The molecule has 9 heteroatoms. The first-order valence-corrected chi connectivity index (χ1v) is 12.8. The number of amidine groups is 1. The summed E-state index contributed by atoms with van der Waals surface area (Å²) >= 11 is 0. The Hall–Kier alpha value is -2.91. The molecule has 2 heterocycles. The highest BCUT2D eigenvalue weighted by molar-refractivity contribution is 7.90. The van der Waals surface area contributed by atoms with E-state index < -0.39 is 10.0 Å². The molecular formula is C24H29N3O5S. The molecule has 0 spiro atoms. The van der Waals surface area contributed by atoms with Gasteiger partial charge >= 0.3 is 0 Å². The fourth-order valence-electron chi connectivity index (χ4n) is 3.78. The number of sulfonamides is 1. The summed E-state index contributed by atoms with van der Waals surface area (Å²) in [6.45, 7) is 1.87. The highest BCUT2D eigenvalue weighted by atomic mass is 32.2. The van der Waals surface area contributed by atoms with Crippen LogP contribution in [0.4, 0.5) is 5.69 Å². The zero-order chi connectivity index (χ0) is 23.1. The third-order valence-electron chi connectivity index (χ3n) is 5.61. The number of nitrogens with zero attached hydrogens (tertiary/aromatic N) is 1. The molecule has 4 rings (SSSR count). The molecule has 1 unspecified atom stereocenters. The molecule has 1 amide bonds. The Bertz CT molecular complexity index is 1090. The molecule has 176 valence electrons. The first-order valence-electron chi connectivity index (χ1n) is 11.3. The van der Waals surface area contributed by atoms with Crippen LogP contribution in [0.3, 0.4) is 0 Å². The van der Waals surface area contributed by atoms with E-state index in [0.717, 1.165) is 38.7 Å². The molecule has 1 atom stereocenters. The number of hydrogen-bond acceptors (Lipinski definition) is 6. The van der Waals surface area contributed by atoms with E-state index >= 15 is 0 Å². The SMILES string of the molecule is O=C(Nc1ccc(S(=O)(=O)NC2=NCCCCC2)cc1)c1cccc(OCC2CCCO2)c1. The predicted molar refractivity (Wildman–Crippen MR) is 126 cm³/mol. The van der Waals surface area contributed by atoms with Gasteiger partial charge in [0.05, 0.1) is 11.0 Å². The zero-order valence-electron chi connectivity index (χ0n) is 18.5. The molecule has 2 N–H and O–H groups in total. The fourth-order valence-corrected chi connectivity index (χ4v) is 4.87. The Morgan fingerprint density at radius 2 is 1.94 bits per heavy atom. The molecule has 2 aliphatic heterocycles. The van der Waals surface area contributed by atoms with Crippen molar-refractivity contribution in [3.63, 3.8) is 0 Å². The number of carbonyl (C=O) groups excluding carboxylic acids is 1. The average molecular weight is 472 g/mol. The Morgan fingerprint density at radius 3 is 2.73 bits per heavy atom. The van der Waals surface area contributed by atoms with E-state index in [1.807, 2.05) is 0 Å². The molecule has 0 aliphatic carbocycles. The third-order valence-corrected chi connectivity index (χ3v) is 7.00. The first kappa shape index (κ1) is 23.3. The van der Waals surface area contributed by atoms with Gasteiger partial charge in [0, 0.05) is 30.8 Å². The van der Waals surface area contributed by atoms with Crippen LogP contribution in [-0.4, -0.2) is 46.0 Å². The van der Waals surface area contributed by atoms with Crippen LogP contribution in [0.1, 0.15) is 48.9 Å². The van der Waals surface area contributed by atoms with Gasteiger partial charge in [0.1, 0.15) is 18.2 Å². The maximum absolute atomic E-state index is 12.7. The van der Waals surface area contributed by atoms with Crippen molar-refractivity contribution in [1.82, 2.24) is 4.72 Å². The predicted octanol–water partition coefficient (Wildman–Crippen LogP) is 3.75. The number of nitrogens with one attached hydrogen (secondary N) is 2. The third kappa shape index (κ3) is 6.55. The fraction of sp³-hybridized carbons (Fsp3) is 0.417. The summed E-state index contributed by atoms with van der Waals surface area (Å²) in [5, 5.41) is 2.79. The van der Waals surface area contributed by atoms with E-state index in [0.29, 0.717) is 42.4 Å². The van der Waals surface area contributed by atoms with Crippen LogP contribution in [0.5, 0.6) is 5.75 Å². The summed E-state index contributed by atoms with van der Waals surface area (Å²) in [7, 11) is -3.71. The minimum Gasteiger partial charge on any atom is -0.491 e. The molecule has 0 bridgehead atoms. The van der Waals surface area contributed by atoms with Crippen LogP contribution >= 0.6 is 0 Å². The summed E-state index contributed by atoms with van der Waals surface area (Å²) in [6, 6.07) is 13.0. The summed E-state index contributed by atoms with van der Waals surface area (Å²) in [4.78, 5) is 17.1. The van der Waals surface area contributed by atoms with Crippen molar-refractivity contribution in [3.8, 4) is 5.75 Å². The number of amides is 1. The van der Waals surface area contributed by atoms with Crippen molar-refractivity contribution in [2.45, 2.75) is 49.5 Å². The topological polar surface area (TPSA) is 106 Å². The number of benzene rings is 2. The number of carbonyl (C=O) groups is 1. The van der Waals surface area contributed by atoms with Gasteiger partial charge in [0.15, 0.2) is 0 Å². The summed E-state index contributed by atoms with van der Waals surface area (Å²) in [5.74, 6) is 0.803. The Kier molecular flexibility index (Phi) is 7.61. The summed E-state index contributed by atoms with van der Waals surface area (Å²) < 4.78 is 39.2. The quantitative estimate of drug-likeness (QED) is 0.640. The van der Waals surface area contributed by atoms with Crippen LogP contribution < -0.4 is 14.8 Å². The van der Waals surface area contributed by atoms with Crippen LogP contribution in [-0.2, 0) is 14.8 Å². The summed E-state index contributed by atoms with van der Waals surface area (Å²) in [5.41, 5.74) is 0.945. The van der Waals surface area contributed by atoms with Gasteiger partial charge in [-0.2, -0.15) is 0 Å². The van der Waals surface area contributed by atoms with Gasteiger partial charge in [-0.3, -0.25) is 14.5 Å². The lowest BCUT2D eigenvalue weighted by atomic mass is 10.2. The zero-order valence-corrected chi connectivity index (χ0v) is 19.3. The second-order valence-electron chi connectivity index (χ2n) is 8.20. The summed E-state index contributed by atoms with van der Waals surface area (Å²) in [6.07, 6.45) is 5.70. The monoisotopic (exact) mass is 471 g/mol. The van der Waals surface area contributed by atoms with E-state index in [1.165, 1.54) is 12.1 Å². The van der Waals surface area contributed by atoms with Gasteiger partial charge in [0.25, 0.3) is 15.9 Å². The van der Waals surface area contributed by atoms with Crippen molar-refractivity contribution in [1.29, 1.82) is 0 Å². The number of ether oxygens (including phenoxy) is 2. The highest BCUT2D eigenvalue weighted by Gasteiger charge is 2.18. The first-order chi connectivity index (χ1) is 16.0. The standard InChI is InChI=1S/C24H29N3O5S/c28-24(18-6-4-7-20(16-18)32-17-21-8-5-15-31-21)26-19-10-12-22(13-11-19)33(29,30)27-23-9-2-1-3-14-25-23/h4,6-7,10-13,16,21H,1-3,5,8-9,14-15,17H2,(H,25,27)(H,26,28). The molecule has 2 aromatic carbocycles. The maximum Gasteiger partial charge on any atom is 0.262 e. The van der Waals surface area contributed by atoms with E-state index in [9.17, 15) is 13.2 Å². The van der Waals surface area contributed by atoms with Gasteiger partial charge < -0.3 is 14.8 Å². The van der Waals surface area contributed by atoms with Crippen molar-refractivity contribution in [3.05, 3.63) is 54.1 Å². The Morgan fingerprint density at radius 1 is 1.09 bits per heavy atom. The largest absolute Gasteiger partial charge is 0.491 e. The molecule has 8 nitrogen and oxygen atoms in total. The maximum atomic E-state index is 12.7. The second-order valence-corrected chi connectivity index (χ2v) is 9.88. The van der Waals surface area contributed by atoms with Gasteiger partial charge in [-0.1, -0.05) is 12.5 Å². The molecule has 2 aromatic rings. The molecule has 1 saturated heterocycles. The Labute approximate surface area is 194 Å². The molecule has 2 aliphatic rings. The van der Waals surface area contributed by atoms with Crippen LogP contribution in [0, 0.1) is 0 Å². The number of anilines is 1. The van der Waals surface area contributed by atoms with E-state index in [4.69, 9.17) is 9.47 Å². The molecule has 1 fully saturated rings.